The van der Waals surface area contributed by atoms with Crippen LogP contribution in [-0.4, -0.2) is 38.0 Å². The van der Waals surface area contributed by atoms with E-state index in [9.17, 15) is 9.59 Å². The van der Waals surface area contributed by atoms with Crippen LogP contribution in [0, 0.1) is 12.8 Å². The van der Waals surface area contributed by atoms with E-state index in [1.54, 1.807) is 12.4 Å². The van der Waals surface area contributed by atoms with E-state index in [2.05, 4.69) is 15.4 Å². The minimum Gasteiger partial charge on any atom is -0.350 e. The summed E-state index contributed by atoms with van der Waals surface area (Å²) < 4.78 is 1.94. The van der Waals surface area contributed by atoms with Gasteiger partial charge in [0.1, 0.15) is 0 Å². The topological polar surface area (TPSA) is 80.1 Å². The van der Waals surface area contributed by atoms with Crippen molar-refractivity contribution in [3.05, 3.63) is 47.0 Å². The zero-order valence-corrected chi connectivity index (χ0v) is 15.6. The second-order valence-electron chi connectivity index (χ2n) is 7.53. The Morgan fingerprint density at radius 2 is 2.00 bits per heavy atom. The number of aryl methyl sites for hydroxylation is 1. The van der Waals surface area contributed by atoms with E-state index in [-0.39, 0.29) is 17.7 Å². The minimum atomic E-state index is -0.00487. The molecule has 2 amide bonds. The van der Waals surface area contributed by atoms with Crippen LogP contribution in [0.3, 0.4) is 0 Å². The van der Waals surface area contributed by atoms with Gasteiger partial charge in [0, 0.05) is 24.9 Å². The van der Waals surface area contributed by atoms with Gasteiger partial charge in [-0.15, -0.1) is 0 Å². The Hall–Kier alpha value is -2.70. The van der Waals surface area contributed by atoms with Crippen LogP contribution in [-0.2, 0) is 24.4 Å². The number of aromatic nitrogens is 3. The van der Waals surface area contributed by atoms with E-state index in [0.29, 0.717) is 31.7 Å². The molecule has 1 saturated carbocycles. The SMILES string of the molecule is Cc1cncc(C(=O)N2CCn3nc(CNC(=O)C4CCCC4)cc3C2)c1. The van der Waals surface area contributed by atoms with Crippen molar-refractivity contribution in [3.63, 3.8) is 0 Å². The third kappa shape index (κ3) is 3.86. The molecular weight excluding hydrogens is 342 g/mol. The molecule has 0 spiro atoms. The summed E-state index contributed by atoms with van der Waals surface area (Å²) in [4.78, 5) is 30.9. The number of hydrogen-bond donors (Lipinski definition) is 1. The van der Waals surface area contributed by atoms with E-state index in [1.807, 2.05) is 28.6 Å². The Morgan fingerprint density at radius 3 is 2.78 bits per heavy atom. The zero-order chi connectivity index (χ0) is 18.8. The molecular formula is C20H25N5O2. The van der Waals surface area contributed by atoms with Gasteiger partial charge in [-0.05, 0) is 37.5 Å². The Kier molecular flexibility index (Phi) is 4.92. The highest BCUT2D eigenvalue weighted by molar-refractivity contribution is 5.94. The number of fused-ring (bicyclic) bond motifs is 1. The molecule has 2 aromatic heterocycles. The van der Waals surface area contributed by atoms with Gasteiger partial charge in [0.25, 0.3) is 5.91 Å². The van der Waals surface area contributed by atoms with Crippen LogP contribution in [0.1, 0.15) is 53.0 Å². The third-order valence-electron chi connectivity index (χ3n) is 5.43. The lowest BCUT2D eigenvalue weighted by atomic mass is 10.1. The lowest BCUT2D eigenvalue weighted by Crippen LogP contribution is -2.38. The summed E-state index contributed by atoms with van der Waals surface area (Å²) in [7, 11) is 0. The molecule has 7 nitrogen and oxygen atoms in total. The van der Waals surface area contributed by atoms with Gasteiger partial charge in [0.05, 0.1) is 36.6 Å². The third-order valence-corrected chi connectivity index (χ3v) is 5.43. The number of pyridine rings is 1. The molecule has 0 bridgehead atoms. The van der Waals surface area contributed by atoms with Crippen molar-refractivity contribution >= 4 is 11.8 Å². The second-order valence-corrected chi connectivity index (χ2v) is 7.53. The maximum atomic E-state index is 12.7. The Bertz CT molecular complexity index is 854. The van der Waals surface area contributed by atoms with Crippen LogP contribution in [0.5, 0.6) is 0 Å². The van der Waals surface area contributed by atoms with E-state index in [4.69, 9.17) is 0 Å². The Balaban J connectivity index is 1.38. The predicted octanol–water partition coefficient (Wildman–Crippen LogP) is 2.05. The van der Waals surface area contributed by atoms with Gasteiger partial charge in [0.15, 0.2) is 0 Å². The summed E-state index contributed by atoms with van der Waals surface area (Å²) >= 11 is 0. The van der Waals surface area contributed by atoms with Crippen LogP contribution in [0.4, 0.5) is 0 Å². The molecule has 1 aliphatic heterocycles. The highest BCUT2D eigenvalue weighted by atomic mass is 16.2. The summed E-state index contributed by atoms with van der Waals surface area (Å²) in [6.07, 6.45) is 7.65. The molecule has 0 aromatic carbocycles. The molecule has 3 heterocycles. The molecule has 4 rings (SSSR count). The lowest BCUT2D eigenvalue weighted by Gasteiger charge is -2.27. The minimum absolute atomic E-state index is 0.00487. The summed E-state index contributed by atoms with van der Waals surface area (Å²) in [5.41, 5.74) is 3.44. The van der Waals surface area contributed by atoms with Crippen molar-refractivity contribution in [2.45, 2.75) is 52.2 Å². The largest absolute Gasteiger partial charge is 0.350 e. The lowest BCUT2D eigenvalue weighted by molar-refractivity contribution is -0.125. The molecule has 0 atom stereocenters. The van der Waals surface area contributed by atoms with Crippen molar-refractivity contribution < 1.29 is 9.59 Å². The molecule has 27 heavy (non-hydrogen) atoms. The molecule has 1 fully saturated rings. The fraction of sp³-hybridized carbons (Fsp3) is 0.500. The first-order valence-electron chi connectivity index (χ1n) is 9.64. The van der Waals surface area contributed by atoms with E-state index in [0.717, 1.165) is 42.6 Å². The molecule has 0 unspecified atom stereocenters. The fourth-order valence-electron chi connectivity index (χ4n) is 3.95. The number of carbonyl (C=O) groups is 2. The molecule has 0 radical (unpaired) electrons. The molecule has 142 valence electrons. The van der Waals surface area contributed by atoms with Crippen LogP contribution < -0.4 is 5.32 Å². The number of nitrogens with one attached hydrogen (secondary N) is 1. The monoisotopic (exact) mass is 367 g/mol. The number of carbonyl (C=O) groups excluding carboxylic acids is 2. The van der Waals surface area contributed by atoms with Crippen molar-refractivity contribution in [2.75, 3.05) is 6.54 Å². The van der Waals surface area contributed by atoms with E-state index < -0.39 is 0 Å². The van der Waals surface area contributed by atoms with Crippen LogP contribution in [0.25, 0.3) is 0 Å². The highest BCUT2D eigenvalue weighted by Gasteiger charge is 2.25. The first kappa shape index (κ1) is 17.7. The summed E-state index contributed by atoms with van der Waals surface area (Å²) in [5, 5.41) is 7.59. The van der Waals surface area contributed by atoms with Crippen molar-refractivity contribution in [3.8, 4) is 0 Å². The van der Waals surface area contributed by atoms with Gasteiger partial charge in [-0.1, -0.05) is 12.8 Å². The summed E-state index contributed by atoms with van der Waals surface area (Å²) in [6, 6.07) is 3.86. The smallest absolute Gasteiger partial charge is 0.255 e. The number of rotatable bonds is 4. The summed E-state index contributed by atoms with van der Waals surface area (Å²) in [6.45, 7) is 4.19. The summed E-state index contributed by atoms with van der Waals surface area (Å²) in [5.74, 6) is 0.301. The average molecular weight is 367 g/mol. The quantitative estimate of drug-likeness (QED) is 0.897. The van der Waals surface area contributed by atoms with Gasteiger partial charge in [-0.25, -0.2) is 0 Å². The van der Waals surface area contributed by atoms with Crippen molar-refractivity contribution in [1.29, 1.82) is 0 Å². The standard InChI is InChI=1S/C20H25N5O2/c1-14-8-16(11-21-10-14)20(27)24-6-7-25-18(13-24)9-17(23-25)12-22-19(26)15-4-2-3-5-15/h8-11,15H,2-7,12-13H2,1H3,(H,22,26). The molecule has 2 aromatic rings. The van der Waals surface area contributed by atoms with Gasteiger partial charge in [-0.2, -0.15) is 5.10 Å². The van der Waals surface area contributed by atoms with Gasteiger partial charge >= 0.3 is 0 Å². The predicted molar refractivity (Wildman–Crippen MR) is 99.7 cm³/mol. The second kappa shape index (κ2) is 7.50. The maximum Gasteiger partial charge on any atom is 0.255 e. The molecule has 1 N–H and O–H groups in total. The Morgan fingerprint density at radius 1 is 1.19 bits per heavy atom. The number of amides is 2. The van der Waals surface area contributed by atoms with Crippen LogP contribution in [0.2, 0.25) is 0 Å². The van der Waals surface area contributed by atoms with Gasteiger partial charge in [-0.3, -0.25) is 19.3 Å². The van der Waals surface area contributed by atoms with Crippen LogP contribution >= 0.6 is 0 Å². The van der Waals surface area contributed by atoms with E-state index in [1.165, 1.54) is 0 Å². The molecule has 2 aliphatic rings. The number of nitrogens with zero attached hydrogens (tertiary/aromatic N) is 4. The maximum absolute atomic E-state index is 12.7. The fourth-order valence-corrected chi connectivity index (χ4v) is 3.95. The average Bonchev–Trinajstić information content (AvgIpc) is 3.34. The molecule has 7 heteroatoms. The van der Waals surface area contributed by atoms with E-state index >= 15 is 0 Å². The molecule has 0 saturated heterocycles. The normalized spacial score (nSPS) is 17.0. The first-order chi connectivity index (χ1) is 13.1. The Labute approximate surface area is 158 Å². The molecule has 1 aliphatic carbocycles. The zero-order valence-electron chi connectivity index (χ0n) is 15.6. The van der Waals surface area contributed by atoms with Crippen molar-refractivity contribution in [1.82, 2.24) is 25.0 Å². The first-order valence-corrected chi connectivity index (χ1v) is 9.64. The van der Waals surface area contributed by atoms with Crippen LogP contribution in [0.15, 0.2) is 24.5 Å². The highest BCUT2D eigenvalue weighted by Crippen LogP contribution is 2.24. The van der Waals surface area contributed by atoms with Gasteiger partial charge in [0.2, 0.25) is 5.91 Å². The van der Waals surface area contributed by atoms with Gasteiger partial charge < -0.3 is 10.2 Å². The van der Waals surface area contributed by atoms with Crippen molar-refractivity contribution in [2.24, 2.45) is 5.92 Å². The number of hydrogen-bond acceptors (Lipinski definition) is 4.